The predicted molar refractivity (Wildman–Crippen MR) is 121 cm³/mol. The molecule has 0 saturated carbocycles. The molecule has 1 atom stereocenters. The monoisotopic (exact) mass is 419 g/mol. The Labute approximate surface area is 183 Å². The molecule has 1 aliphatic heterocycles. The van der Waals surface area contributed by atoms with Crippen LogP contribution in [0.5, 0.6) is 17.2 Å². The molecule has 0 aromatic heterocycles. The van der Waals surface area contributed by atoms with Crippen molar-refractivity contribution in [2.75, 3.05) is 27.4 Å². The molecule has 5 heteroatoms. The van der Waals surface area contributed by atoms with E-state index in [4.69, 9.17) is 14.2 Å². The summed E-state index contributed by atoms with van der Waals surface area (Å²) in [5.74, 6) is 2.36. The highest BCUT2D eigenvalue weighted by atomic mass is 16.5. The normalized spacial score (nSPS) is 14.8. The maximum Gasteiger partial charge on any atom is 0.161 e. The molecule has 4 rings (SSSR count). The number of ether oxygens (including phenoxy) is 3. The number of hydrogen-bond acceptors (Lipinski definition) is 5. The van der Waals surface area contributed by atoms with Crippen LogP contribution in [0.2, 0.25) is 0 Å². The Bertz CT molecular complexity index is 1010. The molecule has 0 amide bonds. The van der Waals surface area contributed by atoms with Crippen LogP contribution < -0.4 is 14.2 Å². The van der Waals surface area contributed by atoms with Gasteiger partial charge >= 0.3 is 0 Å². The van der Waals surface area contributed by atoms with E-state index in [0.29, 0.717) is 13.0 Å². The number of rotatable bonds is 7. The number of methoxy groups -OCH3 is 2. The summed E-state index contributed by atoms with van der Waals surface area (Å²) >= 11 is 0. The molecule has 0 unspecified atom stereocenters. The second kappa shape index (κ2) is 9.86. The van der Waals surface area contributed by atoms with E-state index >= 15 is 0 Å². The second-order valence-electron chi connectivity index (χ2n) is 7.82. The molecule has 0 radical (unpaired) electrons. The van der Waals surface area contributed by atoms with Gasteiger partial charge in [0.1, 0.15) is 12.4 Å². The first-order chi connectivity index (χ1) is 15.2. The molecule has 5 nitrogen and oxygen atoms in total. The zero-order chi connectivity index (χ0) is 21.6. The zero-order valence-corrected chi connectivity index (χ0v) is 18.1. The summed E-state index contributed by atoms with van der Waals surface area (Å²) in [6.07, 6.45) is 0.0470. The van der Waals surface area contributed by atoms with Gasteiger partial charge in [-0.2, -0.15) is 0 Å². The molecule has 0 saturated heterocycles. The van der Waals surface area contributed by atoms with Crippen molar-refractivity contribution in [2.24, 2.45) is 0 Å². The summed E-state index contributed by atoms with van der Waals surface area (Å²) in [5.41, 5.74) is 4.29. The first kappa shape index (κ1) is 21.2. The third-order valence-electron chi connectivity index (χ3n) is 5.65. The molecule has 1 N–H and O–H groups in total. The number of benzene rings is 3. The molecule has 0 bridgehead atoms. The van der Waals surface area contributed by atoms with Crippen LogP contribution in [0.25, 0.3) is 0 Å². The van der Waals surface area contributed by atoms with Crippen molar-refractivity contribution < 1.29 is 19.3 Å². The van der Waals surface area contributed by atoms with Crippen LogP contribution in [-0.4, -0.2) is 37.4 Å². The van der Waals surface area contributed by atoms with Gasteiger partial charge in [-0.25, -0.2) is 0 Å². The topological polar surface area (TPSA) is 51.2 Å². The Kier molecular flexibility index (Phi) is 6.75. The highest BCUT2D eigenvalue weighted by Gasteiger charge is 2.19. The molecule has 1 aliphatic rings. The van der Waals surface area contributed by atoms with Gasteiger partial charge in [0.25, 0.3) is 0 Å². The number of aliphatic hydroxyl groups is 1. The van der Waals surface area contributed by atoms with Crippen molar-refractivity contribution in [3.05, 3.63) is 89.0 Å². The molecule has 0 fully saturated rings. The molecule has 3 aromatic carbocycles. The summed E-state index contributed by atoms with van der Waals surface area (Å²) in [5, 5.41) is 10.8. The molecule has 162 valence electrons. The Balaban J connectivity index is 1.49. The van der Waals surface area contributed by atoms with Gasteiger partial charge in [-0.15, -0.1) is 0 Å². The highest BCUT2D eigenvalue weighted by Crippen LogP contribution is 2.31. The molecular formula is C26H29NO4. The molecule has 1 heterocycles. The van der Waals surface area contributed by atoms with Gasteiger partial charge in [0.15, 0.2) is 11.5 Å². The average Bonchev–Trinajstić information content (AvgIpc) is 3.00. The largest absolute Gasteiger partial charge is 0.493 e. The Morgan fingerprint density at radius 1 is 0.935 bits per heavy atom. The quantitative estimate of drug-likeness (QED) is 0.616. The molecule has 31 heavy (non-hydrogen) atoms. The smallest absolute Gasteiger partial charge is 0.161 e. The van der Waals surface area contributed by atoms with Crippen molar-refractivity contribution in [3.8, 4) is 17.2 Å². The van der Waals surface area contributed by atoms with Gasteiger partial charge in [-0.1, -0.05) is 42.5 Å². The van der Waals surface area contributed by atoms with Crippen LogP contribution in [0.15, 0.2) is 66.7 Å². The number of aliphatic hydroxyl groups excluding tert-OH is 1. The zero-order valence-electron chi connectivity index (χ0n) is 18.1. The van der Waals surface area contributed by atoms with E-state index in [1.54, 1.807) is 14.2 Å². The van der Waals surface area contributed by atoms with Crippen molar-refractivity contribution in [3.63, 3.8) is 0 Å². The van der Waals surface area contributed by atoms with Crippen LogP contribution in [0.4, 0.5) is 0 Å². The summed E-state index contributed by atoms with van der Waals surface area (Å²) in [6, 6.07) is 22.1. The molecule has 0 aliphatic carbocycles. The minimum Gasteiger partial charge on any atom is -0.493 e. The number of hydrogen-bond donors (Lipinski definition) is 1. The summed E-state index contributed by atoms with van der Waals surface area (Å²) in [4.78, 5) is 2.35. The fourth-order valence-corrected chi connectivity index (χ4v) is 4.00. The predicted octanol–water partition coefficient (Wildman–Crippen LogP) is 4.37. The maximum absolute atomic E-state index is 10.8. The van der Waals surface area contributed by atoms with Crippen LogP contribution in [0, 0.1) is 0 Å². The lowest BCUT2D eigenvalue weighted by molar-refractivity contribution is 0.178. The van der Waals surface area contributed by atoms with E-state index in [0.717, 1.165) is 59.1 Å². The van der Waals surface area contributed by atoms with Gasteiger partial charge in [-0.05, 0) is 41.0 Å². The lowest BCUT2D eigenvalue weighted by atomic mass is 9.99. The first-order valence-corrected chi connectivity index (χ1v) is 10.6. The fraction of sp³-hybridized carbons (Fsp3) is 0.308. The van der Waals surface area contributed by atoms with Crippen LogP contribution in [0.3, 0.4) is 0 Å². The van der Waals surface area contributed by atoms with Gasteiger partial charge in [0, 0.05) is 31.6 Å². The second-order valence-corrected chi connectivity index (χ2v) is 7.82. The highest BCUT2D eigenvalue weighted by molar-refractivity contribution is 5.43. The van der Waals surface area contributed by atoms with Gasteiger partial charge in [0.2, 0.25) is 0 Å². The van der Waals surface area contributed by atoms with Gasteiger partial charge < -0.3 is 19.3 Å². The van der Waals surface area contributed by atoms with Crippen molar-refractivity contribution >= 4 is 0 Å². The molecule has 3 aromatic rings. The van der Waals surface area contributed by atoms with Crippen LogP contribution in [-0.2, 0) is 19.5 Å². The number of nitrogens with zero attached hydrogens (tertiary/aromatic N) is 1. The minimum atomic E-state index is -0.546. The molecule has 0 spiro atoms. The lowest BCUT2D eigenvalue weighted by Gasteiger charge is -2.21. The minimum absolute atomic E-state index is 0.546. The molecular weight excluding hydrogens is 390 g/mol. The van der Waals surface area contributed by atoms with E-state index in [2.05, 4.69) is 17.0 Å². The maximum atomic E-state index is 10.8. The Morgan fingerprint density at radius 2 is 1.74 bits per heavy atom. The standard InChI is InChI=1S/C26H29NO4/c1-29-25-10-8-20(15-26(25)30-2)17-27-12-13-31-24-11-9-21(16-22(24)18-27)23(28)14-19-6-4-3-5-7-19/h3-11,15-16,23,28H,12-14,17-18H2,1-2H3/t23-/m0/s1. The van der Waals surface area contributed by atoms with E-state index in [-0.39, 0.29) is 0 Å². The summed E-state index contributed by atoms with van der Waals surface area (Å²) in [7, 11) is 3.30. The van der Waals surface area contributed by atoms with Crippen molar-refractivity contribution in [1.82, 2.24) is 4.90 Å². The summed E-state index contributed by atoms with van der Waals surface area (Å²) < 4.78 is 16.8. The summed E-state index contributed by atoms with van der Waals surface area (Å²) in [6.45, 7) is 2.99. The Hall–Kier alpha value is -3.02. The number of fused-ring (bicyclic) bond motifs is 1. The lowest BCUT2D eigenvalue weighted by Crippen LogP contribution is -2.25. The van der Waals surface area contributed by atoms with Crippen molar-refractivity contribution in [1.29, 1.82) is 0 Å². The van der Waals surface area contributed by atoms with E-state index < -0.39 is 6.10 Å². The average molecular weight is 420 g/mol. The third-order valence-corrected chi connectivity index (χ3v) is 5.65. The van der Waals surface area contributed by atoms with Crippen molar-refractivity contribution in [2.45, 2.75) is 25.6 Å². The van der Waals surface area contributed by atoms with Crippen LogP contribution in [0.1, 0.15) is 28.4 Å². The van der Waals surface area contributed by atoms with E-state index in [1.165, 1.54) is 0 Å². The van der Waals surface area contributed by atoms with E-state index in [9.17, 15) is 5.11 Å². The first-order valence-electron chi connectivity index (χ1n) is 10.6. The van der Waals surface area contributed by atoms with Gasteiger partial charge in [0.05, 0.1) is 20.3 Å². The Morgan fingerprint density at radius 3 is 2.52 bits per heavy atom. The van der Waals surface area contributed by atoms with Crippen LogP contribution >= 0.6 is 0 Å². The van der Waals surface area contributed by atoms with Gasteiger partial charge in [-0.3, -0.25) is 4.90 Å². The third kappa shape index (κ3) is 5.19. The SMILES string of the molecule is COc1ccc(CN2CCOc3ccc([C@@H](O)Cc4ccccc4)cc3C2)cc1OC. The fourth-order valence-electron chi connectivity index (χ4n) is 4.00. The van der Waals surface area contributed by atoms with E-state index in [1.807, 2.05) is 54.6 Å².